The first-order chi connectivity index (χ1) is 17.6. The molecule has 3 rings (SSSR count). The smallest absolute Gasteiger partial charge is 0.244 e. The van der Waals surface area contributed by atoms with E-state index in [0.717, 1.165) is 32.8 Å². The Kier molecular flexibility index (Phi) is 9.47. The number of rotatable bonds is 11. The van der Waals surface area contributed by atoms with Crippen LogP contribution in [-0.2, 0) is 32.6 Å². The van der Waals surface area contributed by atoms with Gasteiger partial charge in [0.15, 0.2) is 0 Å². The minimum absolute atomic E-state index is 0.172. The van der Waals surface area contributed by atoms with E-state index in [9.17, 15) is 18.0 Å². The summed E-state index contributed by atoms with van der Waals surface area (Å²) < 4.78 is 26.7. The lowest BCUT2D eigenvalue weighted by Gasteiger charge is -2.33. The molecule has 0 aliphatic carbocycles. The van der Waals surface area contributed by atoms with Gasteiger partial charge in [0.2, 0.25) is 21.8 Å². The SMILES string of the molecule is CCNC(=O)[C@@H](Cc1ccccc1)N(Cc1ccccc1C)C(=O)CN(c1cccc(C)c1)S(C)(=O)=O. The van der Waals surface area contributed by atoms with E-state index in [1.807, 2.05) is 81.4 Å². The number of carbonyl (C=O) groups excluding carboxylic acids is 2. The lowest BCUT2D eigenvalue weighted by Crippen LogP contribution is -2.53. The number of carbonyl (C=O) groups is 2. The van der Waals surface area contributed by atoms with Crippen molar-refractivity contribution in [1.82, 2.24) is 10.2 Å². The molecule has 0 bridgehead atoms. The van der Waals surface area contributed by atoms with Gasteiger partial charge in [-0.2, -0.15) is 0 Å². The van der Waals surface area contributed by atoms with Crippen LogP contribution < -0.4 is 9.62 Å². The summed E-state index contributed by atoms with van der Waals surface area (Å²) >= 11 is 0. The second kappa shape index (κ2) is 12.5. The van der Waals surface area contributed by atoms with Gasteiger partial charge in [0.1, 0.15) is 12.6 Å². The number of amides is 2. The van der Waals surface area contributed by atoms with Crippen LogP contribution in [0.15, 0.2) is 78.9 Å². The van der Waals surface area contributed by atoms with Gasteiger partial charge in [0, 0.05) is 19.5 Å². The zero-order valence-corrected chi connectivity index (χ0v) is 22.7. The lowest BCUT2D eigenvalue weighted by molar-refractivity contribution is -0.140. The molecule has 3 aromatic carbocycles. The summed E-state index contributed by atoms with van der Waals surface area (Å²) in [6.45, 7) is 5.81. The number of likely N-dealkylation sites (N-methyl/N-ethyl adjacent to an activating group) is 1. The predicted octanol–water partition coefficient (Wildman–Crippen LogP) is 3.85. The summed E-state index contributed by atoms with van der Waals surface area (Å²) in [4.78, 5) is 28.8. The molecule has 0 fully saturated rings. The number of hydrogen-bond donors (Lipinski definition) is 1. The molecule has 0 aliphatic rings. The van der Waals surface area contributed by atoms with E-state index < -0.39 is 28.5 Å². The average molecular weight is 522 g/mol. The third kappa shape index (κ3) is 7.67. The Morgan fingerprint density at radius 2 is 1.59 bits per heavy atom. The Balaban J connectivity index is 2.05. The van der Waals surface area contributed by atoms with Gasteiger partial charge in [-0.25, -0.2) is 8.42 Å². The van der Waals surface area contributed by atoms with Gasteiger partial charge in [-0.05, 0) is 55.2 Å². The van der Waals surface area contributed by atoms with E-state index in [-0.39, 0.29) is 12.5 Å². The molecule has 0 heterocycles. The number of aryl methyl sites for hydroxylation is 2. The van der Waals surface area contributed by atoms with Crippen LogP contribution in [0.25, 0.3) is 0 Å². The molecule has 0 radical (unpaired) electrons. The van der Waals surface area contributed by atoms with Crippen molar-refractivity contribution in [3.05, 3.63) is 101 Å². The molecule has 0 aromatic heterocycles. The molecule has 0 saturated carbocycles. The monoisotopic (exact) mass is 521 g/mol. The van der Waals surface area contributed by atoms with Crippen molar-refractivity contribution >= 4 is 27.5 Å². The zero-order chi connectivity index (χ0) is 27.0. The van der Waals surface area contributed by atoms with Gasteiger partial charge in [0.05, 0.1) is 11.9 Å². The van der Waals surface area contributed by atoms with E-state index in [2.05, 4.69) is 5.32 Å². The van der Waals surface area contributed by atoms with Crippen molar-refractivity contribution in [2.45, 2.75) is 39.8 Å². The highest BCUT2D eigenvalue weighted by atomic mass is 32.2. The fourth-order valence-corrected chi connectivity index (χ4v) is 5.06. The van der Waals surface area contributed by atoms with Crippen molar-refractivity contribution in [2.75, 3.05) is 23.7 Å². The highest BCUT2D eigenvalue weighted by Gasteiger charge is 2.33. The predicted molar refractivity (Wildman–Crippen MR) is 148 cm³/mol. The van der Waals surface area contributed by atoms with Gasteiger partial charge in [-0.3, -0.25) is 13.9 Å². The summed E-state index contributed by atoms with van der Waals surface area (Å²) in [5, 5.41) is 2.86. The molecular formula is C29H35N3O4S. The second-order valence-corrected chi connectivity index (χ2v) is 11.1. The molecule has 7 nitrogen and oxygen atoms in total. The van der Waals surface area contributed by atoms with E-state index in [0.29, 0.717) is 18.7 Å². The Bertz CT molecular complexity index is 1330. The van der Waals surface area contributed by atoms with Gasteiger partial charge in [-0.15, -0.1) is 0 Å². The molecular weight excluding hydrogens is 486 g/mol. The van der Waals surface area contributed by atoms with Crippen molar-refractivity contribution in [3.63, 3.8) is 0 Å². The summed E-state index contributed by atoms with van der Waals surface area (Å²) in [6, 6.07) is 23.4. The summed E-state index contributed by atoms with van der Waals surface area (Å²) in [5.41, 5.74) is 4.05. The maximum Gasteiger partial charge on any atom is 0.244 e. The van der Waals surface area contributed by atoms with Crippen LogP contribution in [-0.4, -0.2) is 50.5 Å². The summed E-state index contributed by atoms with van der Waals surface area (Å²) in [7, 11) is -3.77. The second-order valence-electron chi connectivity index (χ2n) is 9.16. The van der Waals surface area contributed by atoms with Gasteiger partial charge >= 0.3 is 0 Å². The summed E-state index contributed by atoms with van der Waals surface area (Å²) in [6.07, 6.45) is 1.38. The van der Waals surface area contributed by atoms with E-state index >= 15 is 0 Å². The largest absolute Gasteiger partial charge is 0.355 e. The first kappa shape index (κ1) is 27.9. The van der Waals surface area contributed by atoms with Crippen LogP contribution >= 0.6 is 0 Å². The number of anilines is 1. The summed E-state index contributed by atoms with van der Waals surface area (Å²) in [5.74, 6) is -0.739. The minimum atomic E-state index is -3.77. The van der Waals surface area contributed by atoms with Crippen LogP contribution in [0.1, 0.15) is 29.2 Å². The molecule has 196 valence electrons. The van der Waals surface area contributed by atoms with E-state index in [4.69, 9.17) is 0 Å². The van der Waals surface area contributed by atoms with Crippen LogP contribution in [0, 0.1) is 13.8 Å². The highest BCUT2D eigenvalue weighted by molar-refractivity contribution is 7.92. The lowest BCUT2D eigenvalue weighted by atomic mass is 10.0. The molecule has 8 heteroatoms. The van der Waals surface area contributed by atoms with Crippen molar-refractivity contribution in [2.24, 2.45) is 0 Å². The fourth-order valence-electron chi connectivity index (χ4n) is 4.21. The average Bonchev–Trinajstić information content (AvgIpc) is 2.85. The maximum atomic E-state index is 14.0. The molecule has 2 amide bonds. The number of sulfonamides is 1. The van der Waals surface area contributed by atoms with Crippen LogP contribution in [0.5, 0.6) is 0 Å². The third-order valence-electron chi connectivity index (χ3n) is 6.19. The Hall–Kier alpha value is -3.65. The zero-order valence-electron chi connectivity index (χ0n) is 21.8. The third-order valence-corrected chi connectivity index (χ3v) is 7.33. The molecule has 0 saturated heterocycles. The Morgan fingerprint density at radius 3 is 2.22 bits per heavy atom. The quantitative estimate of drug-likeness (QED) is 0.415. The first-order valence-corrected chi connectivity index (χ1v) is 14.1. The molecule has 0 spiro atoms. The molecule has 0 aliphatic heterocycles. The minimum Gasteiger partial charge on any atom is -0.355 e. The van der Waals surface area contributed by atoms with E-state index in [1.165, 1.54) is 4.90 Å². The van der Waals surface area contributed by atoms with Crippen molar-refractivity contribution in [1.29, 1.82) is 0 Å². The van der Waals surface area contributed by atoms with Crippen LogP contribution in [0.3, 0.4) is 0 Å². The molecule has 1 N–H and O–H groups in total. The topological polar surface area (TPSA) is 86.8 Å². The Morgan fingerprint density at radius 1 is 0.919 bits per heavy atom. The number of hydrogen-bond acceptors (Lipinski definition) is 4. The van der Waals surface area contributed by atoms with Crippen LogP contribution in [0.2, 0.25) is 0 Å². The van der Waals surface area contributed by atoms with Gasteiger partial charge in [0.25, 0.3) is 0 Å². The number of nitrogens with zero attached hydrogens (tertiary/aromatic N) is 2. The molecule has 1 atom stereocenters. The fraction of sp³-hybridized carbons (Fsp3) is 0.310. The number of nitrogens with one attached hydrogen (secondary N) is 1. The van der Waals surface area contributed by atoms with Gasteiger partial charge < -0.3 is 10.2 Å². The molecule has 0 unspecified atom stereocenters. The standard InChI is InChI=1S/C29H35N3O4S/c1-5-30-29(34)27(19-24-14-7-6-8-15-24)31(20-25-16-10-9-13-23(25)3)28(33)21-32(37(4,35)36)26-17-11-12-22(2)18-26/h6-18,27H,5,19-21H2,1-4H3,(H,30,34)/t27-/m1/s1. The van der Waals surface area contributed by atoms with E-state index in [1.54, 1.807) is 18.2 Å². The maximum absolute atomic E-state index is 14.0. The Labute approximate surface area is 220 Å². The highest BCUT2D eigenvalue weighted by Crippen LogP contribution is 2.22. The van der Waals surface area contributed by atoms with Crippen molar-refractivity contribution < 1.29 is 18.0 Å². The molecule has 37 heavy (non-hydrogen) atoms. The van der Waals surface area contributed by atoms with Gasteiger partial charge in [-0.1, -0.05) is 66.7 Å². The normalized spacial score (nSPS) is 12.0. The van der Waals surface area contributed by atoms with Crippen LogP contribution in [0.4, 0.5) is 5.69 Å². The number of benzene rings is 3. The molecule has 3 aromatic rings. The first-order valence-electron chi connectivity index (χ1n) is 12.3. The van der Waals surface area contributed by atoms with Crippen molar-refractivity contribution in [3.8, 4) is 0 Å².